The molecule has 2 atom stereocenters. The van der Waals surface area contributed by atoms with Crippen LogP contribution in [-0.4, -0.2) is 44.3 Å². The largest absolute Gasteiger partial charge is 0.335 e. The van der Waals surface area contributed by atoms with Gasteiger partial charge >= 0.3 is 12.1 Å². The van der Waals surface area contributed by atoms with Crippen LogP contribution < -0.4 is 15.5 Å². The van der Waals surface area contributed by atoms with Crippen molar-refractivity contribution >= 4 is 23.4 Å². The van der Waals surface area contributed by atoms with E-state index in [4.69, 9.17) is 0 Å². The highest BCUT2D eigenvalue weighted by Gasteiger charge is 2.39. The highest BCUT2D eigenvalue weighted by molar-refractivity contribution is 5.96. The van der Waals surface area contributed by atoms with Gasteiger partial charge in [0, 0.05) is 30.6 Å². The maximum Gasteiger partial charge on any atom is 0.322 e. The Labute approximate surface area is 192 Å². The molecule has 9 nitrogen and oxygen atoms in total. The van der Waals surface area contributed by atoms with Crippen LogP contribution in [0.5, 0.6) is 0 Å². The van der Waals surface area contributed by atoms with Gasteiger partial charge in [0.25, 0.3) is 0 Å². The molecule has 0 spiro atoms. The van der Waals surface area contributed by atoms with Crippen LogP contribution in [0.2, 0.25) is 0 Å². The van der Waals surface area contributed by atoms with Crippen LogP contribution in [-0.2, 0) is 13.1 Å². The Morgan fingerprint density at radius 1 is 1.21 bits per heavy atom. The van der Waals surface area contributed by atoms with Crippen LogP contribution in [0.25, 0.3) is 0 Å². The number of carbonyl (C=O) groups excluding carboxylic acids is 2. The molecule has 0 aliphatic carbocycles. The molecular formula is C22H20F3N7O2. The third-order valence-corrected chi connectivity index (χ3v) is 5.98. The van der Waals surface area contributed by atoms with E-state index < -0.39 is 23.5 Å². The van der Waals surface area contributed by atoms with E-state index in [-0.39, 0.29) is 30.3 Å². The number of hydrogen-bond acceptors (Lipinski definition) is 4. The third-order valence-electron chi connectivity index (χ3n) is 5.98. The predicted octanol–water partition coefficient (Wildman–Crippen LogP) is 3.40. The zero-order chi connectivity index (χ0) is 24.0. The second-order valence-electron chi connectivity index (χ2n) is 8.15. The highest BCUT2D eigenvalue weighted by atomic mass is 19.2. The SMILES string of the molecule is C[C@H]1Cn2ncc(N3C(=O)NCC3c3ccccn3)c2CN1C(=O)Nc1cc(F)c(F)c(F)c1. The molecule has 0 saturated carbocycles. The van der Waals surface area contributed by atoms with Crippen LogP contribution in [0.15, 0.2) is 42.7 Å². The van der Waals surface area contributed by atoms with Gasteiger partial charge in [-0.15, -0.1) is 0 Å². The van der Waals surface area contributed by atoms with Gasteiger partial charge in [-0.3, -0.25) is 14.6 Å². The van der Waals surface area contributed by atoms with Gasteiger partial charge in [0.15, 0.2) is 17.5 Å². The first kappa shape index (κ1) is 21.7. The average molecular weight is 471 g/mol. The Morgan fingerprint density at radius 2 is 1.97 bits per heavy atom. The van der Waals surface area contributed by atoms with E-state index in [0.717, 1.165) is 0 Å². The molecule has 1 aromatic carbocycles. The summed E-state index contributed by atoms with van der Waals surface area (Å²) in [5.74, 6) is -4.41. The number of amides is 4. The predicted molar refractivity (Wildman–Crippen MR) is 115 cm³/mol. The van der Waals surface area contributed by atoms with Crippen molar-refractivity contribution in [2.45, 2.75) is 32.1 Å². The first-order valence-corrected chi connectivity index (χ1v) is 10.6. The number of urea groups is 2. The van der Waals surface area contributed by atoms with Gasteiger partial charge in [-0.2, -0.15) is 5.10 Å². The summed E-state index contributed by atoms with van der Waals surface area (Å²) >= 11 is 0. The van der Waals surface area contributed by atoms with Crippen molar-refractivity contribution in [1.82, 2.24) is 25.0 Å². The normalized spacial score (nSPS) is 19.7. The smallest absolute Gasteiger partial charge is 0.322 e. The van der Waals surface area contributed by atoms with Crippen LogP contribution in [0.4, 0.5) is 34.1 Å². The van der Waals surface area contributed by atoms with Crippen LogP contribution in [0.1, 0.15) is 24.4 Å². The number of pyridine rings is 1. The lowest BCUT2D eigenvalue weighted by Gasteiger charge is -2.35. The van der Waals surface area contributed by atoms with Crippen LogP contribution >= 0.6 is 0 Å². The van der Waals surface area contributed by atoms with Crippen molar-refractivity contribution in [1.29, 1.82) is 0 Å². The third kappa shape index (κ3) is 3.70. The van der Waals surface area contributed by atoms with Crippen molar-refractivity contribution < 1.29 is 22.8 Å². The number of hydrogen-bond donors (Lipinski definition) is 2. The number of rotatable bonds is 3. The fraction of sp³-hybridized carbons (Fsp3) is 0.273. The van der Waals surface area contributed by atoms with E-state index in [0.29, 0.717) is 42.3 Å². The Bertz CT molecular complexity index is 1240. The molecule has 34 heavy (non-hydrogen) atoms. The summed E-state index contributed by atoms with van der Waals surface area (Å²) in [5.41, 5.74) is 1.67. The van der Waals surface area contributed by atoms with E-state index in [1.807, 2.05) is 12.1 Å². The summed E-state index contributed by atoms with van der Waals surface area (Å²) in [5, 5.41) is 9.63. The maximum atomic E-state index is 13.6. The minimum Gasteiger partial charge on any atom is -0.335 e. The van der Waals surface area contributed by atoms with Crippen molar-refractivity contribution in [3.05, 3.63) is 71.6 Å². The molecule has 12 heteroatoms. The molecule has 0 bridgehead atoms. The Morgan fingerprint density at radius 3 is 2.68 bits per heavy atom. The van der Waals surface area contributed by atoms with E-state index in [2.05, 4.69) is 20.7 Å². The Kier molecular flexibility index (Phi) is 5.34. The monoisotopic (exact) mass is 471 g/mol. The van der Waals surface area contributed by atoms with Gasteiger partial charge in [0.2, 0.25) is 0 Å². The molecule has 2 aromatic heterocycles. The quantitative estimate of drug-likeness (QED) is 0.573. The molecule has 3 aromatic rings. The fourth-order valence-corrected chi connectivity index (χ4v) is 4.27. The molecule has 4 amide bonds. The summed E-state index contributed by atoms with van der Waals surface area (Å²) < 4.78 is 42.1. The Balaban J connectivity index is 1.42. The molecule has 2 aliphatic heterocycles. The maximum absolute atomic E-state index is 13.6. The van der Waals surface area contributed by atoms with E-state index in [1.54, 1.807) is 35.0 Å². The minimum absolute atomic E-state index is 0.0905. The number of benzene rings is 1. The molecular weight excluding hydrogens is 451 g/mol. The lowest BCUT2D eigenvalue weighted by molar-refractivity contribution is 0.161. The molecule has 2 N–H and O–H groups in total. The van der Waals surface area contributed by atoms with Gasteiger partial charge in [0.05, 0.1) is 48.4 Å². The fourth-order valence-electron chi connectivity index (χ4n) is 4.27. The summed E-state index contributed by atoms with van der Waals surface area (Å²) in [4.78, 5) is 33.0. The zero-order valence-electron chi connectivity index (χ0n) is 18.0. The molecule has 0 radical (unpaired) electrons. The number of carbonyl (C=O) groups is 2. The van der Waals surface area contributed by atoms with Crippen molar-refractivity contribution in [3.8, 4) is 0 Å². The summed E-state index contributed by atoms with van der Waals surface area (Å²) in [6.45, 7) is 2.60. The topological polar surface area (TPSA) is 95.4 Å². The second-order valence-corrected chi connectivity index (χ2v) is 8.15. The Hall–Kier alpha value is -4.09. The van der Waals surface area contributed by atoms with Gasteiger partial charge in [0.1, 0.15) is 0 Å². The molecule has 2 aliphatic rings. The zero-order valence-corrected chi connectivity index (χ0v) is 18.0. The molecule has 1 fully saturated rings. The number of nitrogens with one attached hydrogen (secondary N) is 2. The van der Waals surface area contributed by atoms with Crippen LogP contribution in [0.3, 0.4) is 0 Å². The lowest BCUT2D eigenvalue weighted by atomic mass is 10.1. The molecule has 1 saturated heterocycles. The van der Waals surface area contributed by atoms with E-state index in [9.17, 15) is 22.8 Å². The number of anilines is 2. The van der Waals surface area contributed by atoms with Crippen molar-refractivity contribution in [2.75, 3.05) is 16.8 Å². The number of nitrogens with zero attached hydrogens (tertiary/aromatic N) is 5. The number of fused-ring (bicyclic) bond motifs is 1. The van der Waals surface area contributed by atoms with Crippen LogP contribution in [0, 0.1) is 17.5 Å². The number of aromatic nitrogens is 3. The van der Waals surface area contributed by atoms with E-state index in [1.165, 1.54) is 4.90 Å². The van der Waals surface area contributed by atoms with Gasteiger partial charge < -0.3 is 15.5 Å². The van der Waals surface area contributed by atoms with Gasteiger partial charge in [-0.05, 0) is 19.1 Å². The van der Waals surface area contributed by atoms with E-state index >= 15 is 0 Å². The summed E-state index contributed by atoms with van der Waals surface area (Å²) in [6, 6.07) is 5.29. The van der Waals surface area contributed by atoms with Crippen molar-refractivity contribution in [2.24, 2.45) is 0 Å². The van der Waals surface area contributed by atoms with Gasteiger partial charge in [-0.25, -0.2) is 22.8 Å². The van der Waals surface area contributed by atoms with Gasteiger partial charge in [-0.1, -0.05) is 6.07 Å². The first-order valence-electron chi connectivity index (χ1n) is 10.6. The first-order chi connectivity index (χ1) is 16.3. The highest BCUT2D eigenvalue weighted by Crippen LogP contribution is 2.34. The lowest BCUT2D eigenvalue weighted by Crippen LogP contribution is -2.47. The van der Waals surface area contributed by atoms with Crippen molar-refractivity contribution in [3.63, 3.8) is 0 Å². The standard InChI is InChI=1S/C22H20F3N7O2/c1-12-10-31-19(11-30(12)22(34)29-13-6-14(23)20(25)15(24)7-13)18(9-28-31)32-17(8-27-21(32)33)16-4-2-3-5-26-16/h2-7,9,12,17H,8,10-11H2,1H3,(H,27,33)(H,29,34)/t12-,17?/m0/s1. The molecule has 176 valence electrons. The molecule has 1 unspecified atom stereocenters. The molecule has 4 heterocycles. The second kappa shape index (κ2) is 8.36. The summed E-state index contributed by atoms with van der Waals surface area (Å²) in [6.07, 6.45) is 3.23. The average Bonchev–Trinajstić information content (AvgIpc) is 3.39. The molecule has 5 rings (SSSR count). The minimum atomic E-state index is -1.61. The summed E-state index contributed by atoms with van der Waals surface area (Å²) in [7, 11) is 0. The number of halogens is 3.